The fraction of sp³-hybridized carbons (Fsp3) is 0.429. The van der Waals surface area contributed by atoms with Crippen LogP contribution in [-0.2, 0) is 9.53 Å². The zero-order valence-corrected chi connectivity index (χ0v) is 11.5. The first-order chi connectivity index (χ1) is 8.72. The highest BCUT2D eigenvalue weighted by atomic mass is 16.6. The van der Waals surface area contributed by atoms with Gasteiger partial charge in [-0.25, -0.2) is 9.59 Å². The molecule has 0 saturated carbocycles. The lowest BCUT2D eigenvalue weighted by atomic mass is 10.1. The van der Waals surface area contributed by atoms with E-state index in [1.807, 2.05) is 0 Å². The first-order valence-electron chi connectivity index (χ1n) is 5.96. The van der Waals surface area contributed by atoms with E-state index in [9.17, 15) is 9.59 Å². The SMILES string of the molecule is CC(C)OC(=O)C(C)(C)Oc1ccc(C(=O)O)cc1. The Bertz CT molecular complexity index is 459. The number of esters is 1. The molecule has 1 rings (SSSR count). The number of carboxylic acid groups (broad SMARTS) is 1. The van der Waals surface area contributed by atoms with Crippen LogP contribution in [0.15, 0.2) is 24.3 Å². The van der Waals surface area contributed by atoms with Crippen molar-refractivity contribution < 1.29 is 24.2 Å². The van der Waals surface area contributed by atoms with Crippen molar-refractivity contribution in [2.24, 2.45) is 0 Å². The summed E-state index contributed by atoms with van der Waals surface area (Å²) < 4.78 is 10.6. The van der Waals surface area contributed by atoms with Crippen molar-refractivity contribution >= 4 is 11.9 Å². The molecule has 0 saturated heterocycles. The van der Waals surface area contributed by atoms with Gasteiger partial charge in [-0.05, 0) is 52.0 Å². The molecule has 0 bridgehead atoms. The van der Waals surface area contributed by atoms with E-state index in [2.05, 4.69) is 0 Å². The van der Waals surface area contributed by atoms with E-state index >= 15 is 0 Å². The van der Waals surface area contributed by atoms with Crippen LogP contribution in [0.2, 0.25) is 0 Å². The van der Waals surface area contributed by atoms with Crippen molar-refractivity contribution in [3.05, 3.63) is 29.8 Å². The lowest BCUT2D eigenvalue weighted by Crippen LogP contribution is -2.40. The average Bonchev–Trinajstić information content (AvgIpc) is 2.28. The Kier molecular flexibility index (Phi) is 4.53. The summed E-state index contributed by atoms with van der Waals surface area (Å²) in [5.41, 5.74) is -0.968. The molecule has 0 aliphatic heterocycles. The second kappa shape index (κ2) is 5.73. The van der Waals surface area contributed by atoms with Gasteiger partial charge >= 0.3 is 11.9 Å². The number of rotatable bonds is 5. The molecule has 1 aromatic carbocycles. The smallest absolute Gasteiger partial charge is 0.350 e. The van der Waals surface area contributed by atoms with Crippen molar-refractivity contribution in [2.75, 3.05) is 0 Å². The van der Waals surface area contributed by atoms with E-state index in [0.29, 0.717) is 5.75 Å². The molecule has 0 aromatic heterocycles. The quantitative estimate of drug-likeness (QED) is 0.829. The molecule has 0 atom stereocenters. The predicted molar refractivity (Wildman–Crippen MR) is 69.3 cm³/mol. The first-order valence-corrected chi connectivity index (χ1v) is 5.96. The summed E-state index contributed by atoms with van der Waals surface area (Å²) in [6, 6.07) is 5.85. The van der Waals surface area contributed by atoms with Gasteiger partial charge in [0.25, 0.3) is 0 Å². The molecule has 0 aliphatic rings. The minimum atomic E-state index is -1.13. The third kappa shape index (κ3) is 4.28. The number of carbonyl (C=O) groups excluding carboxylic acids is 1. The Balaban J connectivity index is 2.77. The largest absolute Gasteiger partial charge is 0.478 e. The fourth-order valence-corrected chi connectivity index (χ4v) is 1.36. The zero-order chi connectivity index (χ0) is 14.6. The summed E-state index contributed by atoms with van der Waals surface area (Å²) in [5.74, 6) is -1.06. The molecular weight excluding hydrogens is 248 g/mol. The van der Waals surface area contributed by atoms with Crippen molar-refractivity contribution in [2.45, 2.75) is 39.4 Å². The van der Waals surface area contributed by atoms with Crippen LogP contribution < -0.4 is 4.74 Å². The molecule has 19 heavy (non-hydrogen) atoms. The Morgan fingerprint density at radius 1 is 1.16 bits per heavy atom. The summed E-state index contributed by atoms with van der Waals surface area (Å²) in [6.45, 7) is 6.72. The Hall–Kier alpha value is -2.04. The lowest BCUT2D eigenvalue weighted by Gasteiger charge is -2.25. The normalized spacial score (nSPS) is 11.2. The third-order valence-corrected chi connectivity index (χ3v) is 2.31. The van der Waals surface area contributed by atoms with Gasteiger partial charge in [-0.1, -0.05) is 0 Å². The van der Waals surface area contributed by atoms with Crippen LogP contribution in [0.5, 0.6) is 5.75 Å². The van der Waals surface area contributed by atoms with Gasteiger partial charge in [0.05, 0.1) is 11.7 Å². The van der Waals surface area contributed by atoms with Crippen LogP contribution in [0.25, 0.3) is 0 Å². The molecule has 104 valence electrons. The van der Waals surface area contributed by atoms with Crippen LogP contribution in [-0.4, -0.2) is 28.8 Å². The van der Waals surface area contributed by atoms with Crippen LogP contribution in [0.3, 0.4) is 0 Å². The van der Waals surface area contributed by atoms with Crippen molar-refractivity contribution in [3.8, 4) is 5.75 Å². The van der Waals surface area contributed by atoms with Crippen molar-refractivity contribution in [1.29, 1.82) is 0 Å². The average molecular weight is 266 g/mol. The minimum Gasteiger partial charge on any atom is -0.478 e. The molecule has 0 radical (unpaired) electrons. The number of hydrogen-bond donors (Lipinski definition) is 1. The topological polar surface area (TPSA) is 72.8 Å². The van der Waals surface area contributed by atoms with Gasteiger partial charge in [0.1, 0.15) is 5.75 Å². The molecule has 0 heterocycles. The third-order valence-electron chi connectivity index (χ3n) is 2.31. The van der Waals surface area contributed by atoms with E-state index in [0.717, 1.165) is 0 Å². The molecule has 0 fully saturated rings. The molecule has 5 heteroatoms. The second-order valence-electron chi connectivity index (χ2n) is 4.90. The van der Waals surface area contributed by atoms with Gasteiger partial charge in [-0.3, -0.25) is 0 Å². The van der Waals surface area contributed by atoms with Gasteiger partial charge < -0.3 is 14.6 Å². The Morgan fingerprint density at radius 3 is 2.11 bits per heavy atom. The molecule has 0 unspecified atom stereocenters. The van der Waals surface area contributed by atoms with Gasteiger partial charge in [-0.15, -0.1) is 0 Å². The van der Waals surface area contributed by atoms with E-state index in [1.54, 1.807) is 27.7 Å². The summed E-state index contributed by atoms with van der Waals surface area (Å²) in [7, 11) is 0. The summed E-state index contributed by atoms with van der Waals surface area (Å²) >= 11 is 0. The van der Waals surface area contributed by atoms with Gasteiger partial charge in [0, 0.05) is 0 Å². The maximum atomic E-state index is 11.8. The number of aromatic carboxylic acids is 1. The van der Waals surface area contributed by atoms with Gasteiger partial charge in [0.15, 0.2) is 5.60 Å². The molecule has 0 spiro atoms. The number of carboxylic acids is 1. The lowest BCUT2D eigenvalue weighted by molar-refractivity contribution is -0.163. The molecule has 5 nitrogen and oxygen atoms in total. The molecule has 0 aliphatic carbocycles. The minimum absolute atomic E-state index is 0.162. The van der Waals surface area contributed by atoms with Crippen molar-refractivity contribution in [3.63, 3.8) is 0 Å². The van der Waals surface area contributed by atoms with E-state index in [-0.39, 0.29) is 11.7 Å². The number of hydrogen-bond acceptors (Lipinski definition) is 4. The summed E-state index contributed by atoms with van der Waals surface area (Å²) in [5, 5.41) is 8.78. The van der Waals surface area contributed by atoms with E-state index in [4.69, 9.17) is 14.6 Å². The monoisotopic (exact) mass is 266 g/mol. The number of ether oxygens (including phenoxy) is 2. The van der Waals surface area contributed by atoms with Crippen LogP contribution in [0.4, 0.5) is 0 Å². The molecule has 1 aromatic rings. The number of carbonyl (C=O) groups is 2. The number of benzene rings is 1. The second-order valence-corrected chi connectivity index (χ2v) is 4.90. The Labute approximate surface area is 112 Å². The van der Waals surface area contributed by atoms with Crippen molar-refractivity contribution in [1.82, 2.24) is 0 Å². The molecule has 0 amide bonds. The van der Waals surface area contributed by atoms with Crippen LogP contribution >= 0.6 is 0 Å². The van der Waals surface area contributed by atoms with Crippen LogP contribution in [0, 0.1) is 0 Å². The Morgan fingerprint density at radius 2 is 1.68 bits per heavy atom. The van der Waals surface area contributed by atoms with Gasteiger partial charge in [-0.2, -0.15) is 0 Å². The first kappa shape index (κ1) is 15.0. The highest BCUT2D eigenvalue weighted by molar-refractivity contribution is 5.87. The summed E-state index contributed by atoms with van der Waals surface area (Å²) in [4.78, 5) is 22.5. The van der Waals surface area contributed by atoms with E-state index < -0.39 is 17.5 Å². The summed E-state index contributed by atoms with van der Waals surface area (Å²) in [6.07, 6.45) is -0.218. The predicted octanol–water partition coefficient (Wildman–Crippen LogP) is 2.49. The standard InChI is InChI=1S/C14H18O5/c1-9(2)18-13(17)14(3,4)19-11-7-5-10(6-8-11)12(15)16/h5-9H,1-4H3,(H,15,16). The fourth-order valence-electron chi connectivity index (χ4n) is 1.36. The highest BCUT2D eigenvalue weighted by Gasteiger charge is 2.32. The van der Waals surface area contributed by atoms with Crippen LogP contribution in [0.1, 0.15) is 38.1 Å². The molecule has 1 N–H and O–H groups in total. The zero-order valence-electron chi connectivity index (χ0n) is 11.5. The van der Waals surface area contributed by atoms with Gasteiger partial charge in [0.2, 0.25) is 0 Å². The highest BCUT2D eigenvalue weighted by Crippen LogP contribution is 2.20. The maximum Gasteiger partial charge on any atom is 0.350 e. The molecular formula is C14H18O5. The maximum absolute atomic E-state index is 11.8. The van der Waals surface area contributed by atoms with E-state index in [1.165, 1.54) is 24.3 Å².